The number of rotatable bonds is 2. The zero-order chi connectivity index (χ0) is 15.8. The van der Waals surface area contributed by atoms with Gasteiger partial charge in [0.1, 0.15) is 10.8 Å². The van der Waals surface area contributed by atoms with Gasteiger partial charge in [-0.1, -0.05) is 0 Å². The van der Waals surface area contributed by atoms with Crippen LogP contribution in [0.15, 0.2) is 29.8 Å². The fourth-order valence-electron chi connectivity index (χ4n) is 3.05. The summed E-state index contributed by atoms with van der Waals surface area (Å²) in [6.45, 7) is 0.689. The van der Waals surface area contributed by atoms with Gasteiger partial charge in [-0.25, -0.2) is 14.4 Å². The van der Waals surface area contributed by atoms with E-state index in [0.717, 1.165) is 24.3 Å². The van der Waals surface area contributed by atoms with Crippen molar-refractivity contribution in [1.29, 1.82) is 0 Å². The number of fused-ring (bicyclic) bond motifs is 1. The number of H-pyrrole nitrogens is 1. The number of carbonyl (C=O) groups excluding carboxylic acids is 1. The Balaban J connectivity index is 1.67. The monoisotopic (exact) mass is 330 g/mol. The topological polar surface area (TPSA) is 61.9 Å². The van der Waals surface area contributed by atoms with Crippen LogP contribution in [0.1, 0.15) is 40.9 Å². The summed E-state index contributed by atoms with van der Waals surface area (Å²) in [7, 11) is 0. The molecule has 1 fully saturated rings. The highest BCUT2D eigenvalue weighted by Crippen LogP contribution is 2.33. The maximum Gasteiger partial charge on any atom is 0.290 e. The Morgan fingerprint density at radius 1 is 1.39 bits per heavy atom. The van der Waals surface area contributed by atoms with E-state index in [9.17, 15) is 9.18 Å². The molecule has 3 heterocycles. The summed E-state index contributed by atoms with van der Waals surface area (Å²) in [5.74, 6) is -0.241. The summed E-state index contributed by atoms with van der Waals surface area (Å²) < 4.78 is 13.3. The molecule has 5 nitrogen and oxygen atoms in total. The molecule has 0 radical (unpaired) electrons. The summed E-state index contributed by atoms with van der Waals surface area (Å²) in [5.41, 5.74) is 1.13. The van der Waals surface area contributed by atoms with E-state index < -0.39 is 0 Å². The number of thiazole rings is 1. The number of nitrogens with one attached hydrogen (secondary N) is 1. The number of amides is 1. The van der Waals surface area contributed by atoms with Crippen molar-refractivity contribution < 1.29 is 9.18 Å². The number of benzene rings is 1. The average molecular weight is 330 g/mol. The Labute approximate surface area is 136 Å². The molecule has 23 heavy (non-hydrogen) atoms. The predicted molar refractivity (Wildman–Crippen MR) is 85.8 cm³/mol. The minimum absolute atomic E-state index is 0.00111. The van der Waals surface area contributed by atoms with E-state index in [4.69, 9.17) is 0 Å². The molecule has 1 saturated heterocycles. The van der Waals surface area contributed by atoms with E-state index in [1.165, 1.54) is 12.1 Å². The van der Waals surface area contributed by atoms with E-state index in [1.54, 1.807) is 23.6 Å². The lowest BCUT2D eigenvalue weighted by Crippen LogP contribution is -2.39. The van der Waals surface area contributed by atoms with Crippen molar-refractivity contribution >= 4 is 28.3 Å². The number of carbonyl (C=O) groups is 1. The van der Waals surface area contributed by atoms with Gasteiger partial charge in [0.05, 0.1) is 17.1 Å². The molecule has 118 valence electrons. The second-order valence-corrected chi connectivity index (χ2v) is 6.55. The number of nitrogens with zero attached hydrogens (tertiary/aromatic N) is 3. The van der Waals surface area contributed by atoms with Crippen molar-refractivity contribution in [2.24, 2.45) is 0 Å². The molecular weight excluding hydrogens is 315 g/mol. The second kappa shape index (κ2) is 5.73. The average Bonchev–Trinajstić information content (AvgIpc) is 3.23. The molecule has 0 saturated carbocycles. The van der Waals surface area contributed by atoms with Crippen molar-refractivity contribution in [1.82, 2.24) is 19.9 Å². The number of aromatic nitrogens is 3. The maximum atomic E-state index is 13.3. The van der Waals surface area contributed by atoms with Gasteiger partial charge >= 0.3 is 0 Å². The van der Waals surface area contributed by atoms with E-state index in [1.807, 2.05) is 10.3 Å². The molecule has 2 aromatic heterocycles. The van der Waals surface area contributed by atoms with Crippen LogP contribution in [0.2, 0.25) is 0 Å². The Morgan fingerprint density at radius 3 is 3.13 bits per heavy atom. The van der Waals surface area contributed by atoms with Crippen LogP contribution in [0.4, 0.5) is 4.39 Å². The summed E-state index contributed by atoms with van der Waals surface area (Å²) in [6, 6.07) is 4.28. The van der Waals surface area contributed by atoms with Crippen molar-refractivity contribution in [3.05, 3.63) is 46.4 Å². The molecule has 3 aromatic rings. The molecule has 1 amide bonds. The van der Waals surface area contributed by atoms with Crippen LogP contribution in [-0.4, -0.2) is 32.3 Å². The van der Waals surface area contributed by atoms with Gasteiger partial charge in [0.25, 0.3) is 5.91 Å². The quantitative estimate of drug-likeness (QED) is 0.782. The lowest BCUT2D eigenvalue weighted by Gasteiger charge is -2.33. The largest absolute Gasteiger partial charge is 0.334 e. The minimum atomic E-state index is -0.348. The van der Waals surface area contributed by atoms with Gasteiger partial charge in [0, 0.05) is 18.1 Å². The highest BCUT2D eigenvalue weighted by molar-refractivity contribution is 7.09. The van der Waals surface area contributed by atoms with Crippen LogP contribution in [0.25, 0.3) is 11.0 Å². The predicted octanol–water partition coefficient (Wildman–Crippen LogP) is 3.53. The third-order valence-electron chi connectivity index (χ3n) is 4.15. The molecule has 0 spiro atoms. The smallest absolute Gasteiger partial charge is 0.290 e. The highest BCUT2D eigenvalue weighted by Gasteiger charge is 2.31. The number of imidazole rings is 1. The summed E-state index contributed by atoms with van der Waals surface area (Å²) >= 11 is 1.57. The molecule has 1 atom stereocenters. The number of piperidine rings is 1. The maximum absolute atomic E-state index is 13.3. The van der Waals surface area contributed by atoms with Gasteiger partial charge in [0.2, 0.25) is 0 Å². The fourth-order valence-corrected chi connectivity index (χ4v) is 3.83. The summed E-state index contributed by atoms with van der Waals surface area (Å²) in [5, 5.41) is 2.89. The molecule has 1 aliphatic heterocycles. The van der Waals surface area contributed by atoms with Crippen LogP contribution in [0.3, 0.4) is 0 Å². The van der Waals surface area contributed by atoms with E-state index in [-0.39, 0.29) is 23.6 Å². The Kier molecular flexibility index (Phi) is 3.57. The van der Waals surface area contributed by atoms with E-state index in [2.05, 4.69) is 15.0 Å². The van der Waals surface area contributed by atoms with Gasteiger partial charge < -0.3 is 9.88 Å². The molecule has 0 aliphatic carbocycles. The van der Waals surface area contributed by atoms with Crippen LogP contribution >= 0.6 is 11.3 Å². The SMILES string of the molecule is O=C(c1nc2ccc(F)cc2[nH]1)N1CCCCC1c1nccs1. The third-order valence-corrected chi connectivity index (χ3v) is 5.02. The molecular formula is C16H15FN4OS. The van der Waals surface area contributed by atoms with E-state index in [0.29, 0.717) is 17.6 Å². The second-order valence-electron chi connectivity index (χ2n) is 5.63. The molecule has 7 heteroatoms. The first-order valence-corrected chi connectivity index (χ1v) is 8.46. The Hall–Kier alpha value is -2.28. The molecule has 1 aromatic carbocycles. The minimum Gasteiger partial charge on any atom is -0.334 e. The van der Waals surface area contributed by atoms with Crippen LogP contribution in [-0.2, 0) is 0 Å². The number of likely N-dealkylation sites (tertiary alicyclic amines) is 1. The van der Waals surface area contributed by atoms with Crippen molar-refractivity contribution in [2.45, 2.75) is 25.3 Å². The number of hydrogen-bond donors (Lipinski definition) is 1. The summed E-state index contributed by atoms with van der Waals surface area (Å²) in [6.07, 6.45) is 4.73. The van der Waals surface area contributed by atoms with Crippen LogP contribution < -0.4 is 0 Å². The highest BCUT2D eigenvalue weighted by atomic mass is 32.1. The normalized spacial score (nSPS) is 18.5. The first-order valence-electron chi connectivity index (χ1n) is 7.58. The van der Waals surface area contributed by atoms with Gasteiger partial charge in [0.15, 0.2) is 5.82 Å². The number of halogens is 1. The van der Waals surface area contributed by atoms with Crippen molar-refractivity contribution in [3.8, 4) is 0 Å². The first kappa shape index (κ1) is 14.3. The molecule has 1 unspecified atom stereocenters. The zero-order valence-corrected chi connectivity index (χ0v) is 13.1. The number of aromatic amines is 1. The van der Waals surface area contributed by atoms with Crippen molar-refractivity contribution in [3.63, 3.8) is 0 Å². The van der Waals surface area contributed by atoms with Gasteiger partial charge in [-0.2, -0.15) is 0 Å². The lowest BCUT2D eigenvalue weighted by atomic mass is 10.0. The van der Waals surface area contributed by atoms with Gasteiger partial charge in [-0.3, -0.25) is 4.79 Å². The standard InChI is InChI=1S/C16H15FN4OS/c17-10-4-5-11-12(9-10)20-14(19-11)16(22)21-7-2-1-3-13(21)15-18-6-8-23-15/h4-6,8-9,13H,1-3,7H2,(H,19,20). The van der Waals surface area contributed by atoms with Crippen LogP contribution in [0.5, 0.6) is 0 Å². The Bertz CT molecular complexity index is 845. The Morgan fingerprint density at radius 2 is 2.30 bits per heavy atom. The van der Waals surface area contributed by atoms with Gasteiger partial charge in [-0.05, 0) is 37.5 Å². The molecule has 4 rings (SSSR count). The van der Waals surface area contributed by atoms with E-state index >= 15 is 0 Å². The first-order chi connectivity index (χ1) is 11.2. The van der Waals surface area contributed by atoms with Crippen LogP contribution in [0, 0.1) is 5.82 Å². The third kappa shape index (κ3) is 2.61. The number of hydrogen-bond acceptors (Lipinski definition) is 4. The van der Waals surface area contributed by atoms with Crippen molar-refractivity contribution in [2.75, 3.05) is 6.54 Å². The zero-order valence-electron chi connectivity index (χ0n) is 12.3. The van der Waals surface area contributed by atoms with Gasteiger partial charge in [-0.15, -0.1) is 11.3 Å². The lowest BCUT2D eigenvalue weighted by molar-refractivity contribution is 0.0600. The molecule has 1 aliphatic rings. The fraction of sp³-hybridized carbons (Fsp3) is 0.312. The summed E-state index contributed by atoms with van der Waals surface area (Å²) in [4.78, 5) is 26.3. The molecule has 1 N–H and O–H groups in total. The molecule has 0 bridgehead atoms.